The van der Waals surface area contributed by atoms with Gasteiger partial charge in [0.2, 0.25) is 0 Å². The summed E-state index contributed by atoms with van der Waals surface area (Å²) in [7, 11) is 1.63. The third-order valence-electron chi connectivity index (χ3n) is 5.61. The number of aryl methyl sites for hydroxylation is 1. The van der Waals surface area contributed by atoms with E-state index >= 15 is 0 Å². The number of methoxy groups -OCH3 is 1. The quantitative estimate of drug-likeness (QED) is 0.313. The molecule has 0 aliphatic rings. The molecule has 2 unspecified atom stereocenters. The van der Waals surface area contributed by atoms with Crippen molar-refractivity contribution in [3.63, 3.8) is 0 Å². The number of amides is 1. The molecule has 2 rings (SSSR count). The average molecular weight is 495 g/mol. The van der Waals surface area contributed by atoms with E-state index in [4.69, 9.17) is 32.0 Å². The molecular weight excluding hydrogens is 452 g/mol. The lowest BCUT2D eigenvalue weighted by Crippen LogP contribution is -2.45. The second-order valence-electron chi connectivity index (χ2n) is 9.30. The number of imidazole rings is 1. The predicted octanol–water partition coefficient (Wildman–Crippen LogP) is 2.76. The van der Waals surface area contributed by atoms with Gasteiger partial charge in [-0.05, 0) is 72.1 Å². The molecule has 0 fully saturated rings. The summed E-state index contributed by atoms with van der Waals surface area (Å²) in [6.07, 6.45) is 1.58. The second kappa shape index (κ2) is 13.9. The van der Waals surface area contributed by atoms with Crippen molar-refractivity contribution in [1.29, 1.82) is 0 Å². The molecule has 0 bridgehead atoms. The van der Waals surface area contributed by atoms with Crippen molar-refractivity contribution >= 4 is 23.1 Å². The van der Waals surface area contributed by atoms with Gasteiger partial charge in [-0.3, -0.25) is 4.79 Å². The lowest BCUT2D eigenvalue weighted by molar-refractivity contribution is -0.138. The van der Waals surface area contributed by atoms with Crippen LogP contribution in [0, 0.1) is 0 Å². The van der Waals surface area contributed by atoms with Crippen molar-refractivity contribution in [2.75, 3.05) is 20.2 Å². The molecule has 11 heteroatoms. The molecule has 2 atom stereocenters. The number of aromatic nitrogens is 2. The van der Waals surface area contributed by atoms with Crippen LogP contribution < -0.4 is 21.9 Å². The van der Waals surface area contributed by atoms with Crippen molar-refractivity contribution in [3.8, 4) is 5.75 Å². The summed E-state index contributed by atoms with van der Waals surface area (Å²) in [6, 6.07) is 4.83. The zero-order chi connectivity index (χ0) is 26.8. The highest BCUT2D eigenvalue weighted by Crippen LogP contribution is 2.26. The van der Waals surface area contributed by atoms with Gasteiger partial charge in [-0.15, -0.1) is 0 Å². The van der Waals surface area contributed by atoms with Crippen LogP contribution in [0.4, 0.5) is 4.79 Å². The molecular formula is C24H42N6O5. The Kier molecular flexibility index (Phi) is 11.9. The van der Waals surface area contributed by atoms with Gasteiger partial charge in [-0.2, -0.15) is 0 Å². The Balaban J connectivity index is 0.000000579. The Bertz CT molecular complexity index is 956. The molecule has 1 aromatic heterocycles. The van der Waals surface area contributed by atoms with E-state index < -0.39 is 23.6 Å². The van der Waals surface area contributed by atoms with Crippen molar-refractivity contribution in [2.45, 2.75) is 77.5 Å². The summed E-state index contributed by atoms with van der Waals surface area (Å²) in [5, 5.41) is 17.6. The molecule has 1 aromatic carbocycles. The molecule has 11 nitrogen and oxygen atoms in total. The lowest BCUT2D eigenvalue weighted by atomic mass is 10.1. The van der Waals surface area contributed by atoms with E-state index in [2.05, 4.69) is 11.5 Å². The zero-order valence-electron chi connectivity index (χ0n) is 21.5. The number of aliphatic carboxylic acids is 1. The highest BCUT2D eigenvalue weighted by molar-refractivity contribution is 5.78. The number of rotatable bonds is 11. The molecule has 0 aliphatic carbocycles. The van der Waals surface area contributed by atoms with Gasteiger partial charge in [-0.25, -0.2) is 9.78 Å². The van der Waals surface area contributed by atoms with Gasteiger partial charge < -0.3 is 41.6 Å². The van der Waals surface area contributed by atoms with E-state index in [1.807, 2.05) is 39.0 Å². The fourth-order valence-corrected chi connectivity index (χ4v) is 3.65. The topological polar surface area (TPSA) is 183 Å². The van der Waals surface area contributed by atoms with Crippen molar-refractivity contribution < 1.29 is 24.5 Å². The van der Waals surface area contributed by atoms with E-state index in [1.165, 1.54) is 4.90 Å². The maximum absolute atomic E-state index is 11.4. The number of benzene rings is 1. The van der Waals surface area contributed by atoms with Gasteiger partial charge in [-0.1, -0.05) is 0 Å². The first kappa shape index (κ1) is 30.1. The number of fused-ring (bicyclic) bond motifs is 1. The molecule has 0 saturated carbocycles. The number of nitrogens with two attached hydrogens (primary N) is 3. The minimum Gasteiger partial charge on any atom is -0.497 e. The van der Waals surface area contributed by atoms with Crippen LogP contribution in [-0.4, -0.2) is 68.5 Å². The molecule has 8 N–H and O–H groups in total. The monoisotopic (exact) mass is 494 g/mol. The molecule has 0 radical (unpaired) electrons. The zero-order valence-corrected chi connectivity index (χ0v) is 21.5. The molecule has 0 aliphatic heterocycles. The first-order valence-electron chi connectivity index (χ1n) is 11.9. The Morgan fingerprint density at radius 2 is 1.83 bits per heavy atom. The summed E-state index contributed by atoms with van der Waals surface area (Å²) in [4.78, 5) is 27.6. The minimum atomic E-state index is -0.955. The van der Waals surface area contributed by atoms with Crippen molar-refractivity contribution in [3.05, 3.63) is 24.0 Å². The second-order valence-corrected chi connectivity index (χ2v) is 9.30. The average Bonchev–Trinajstić information content (AvgIpc) is 3.17. The first-order valence-corrected chi connectivity index (χ1v) is 11.9. The molecule has 1 heterocycles. The van der Waals surface area contributed by atoms with Gasteiger partial charge in [0.15, 0.2) is 0 Å². The number of carboxylic acid groups (broad SMARTS) is 2. The maximum atomic E-state index is 11.4. The van der Waals surface area contributed by atoms with Crippen LogP contribution in [0.1, 0.15) is 65.2 Å². The number of nitrogens with zero attached hydrogens (tertiary/aromatic N) is 3. The Labute approximate surface area is 207 Å². The van der Waals surface area contributed by atoms with E-state index in [0.717, 1.165) is 29.2 Å². The number of carbonyl (C=O) groups is 2. The molecule has 198 valence electrons. The number of ether oxygens (including phenoxy) is 1. The van der Waals surface area contributed by atoms with E-state index in [1.54, 1.807) is 7.11 Å². The van der Waals surface area contributed by atoms with Gasteiger partial charge in [0, 0.05) is 24.7 Å². The van der Waals surface area contributed by atoms with Gasteiger partial charge in [0.05, 0.1) is 24.2 Å². The number of carboxylic acids is 1. The molecule has 1 amide bonds. The smallest absolute Gasteiger partial charge is 0.407 e. The molecule has 35 heavy (non-hydrogen) atoms. The fraction of sp³-hybridized carbons (Fsp3) is 0.625. The Morgan fingerprint density at radius 1 is 1.17 bits per heavy atom. The van der Waals surface area contributed by atoms with Crippen LogP contribution in [0.25, 0.3) is 11.0 Å². The summed E-state index contributed by atoms with van der Waals surface area (Å²) in [6.45, 7) is 9.47. The van der Waals surface area contributed by atoms with Crippen molar-refractivity contribution in [1.82, 2.24) is 14.5 Å². The Hall–Kier alpha value is -2.89. The summed E-state index contributed by atoms with van der Waals surface area (Å²) in [5.74, 6) is 0.637. The maximum Gasteiger partial charge on any atom is 0.407 e. The minimum absolute atomic E-state index is 0.246. The number of hydrogen-bond acceptors (Lipinski definition) is 7. The van der Waals surface area contributed by atoms with Gasteiger partial charge in [0.1, 0.15) is 17.6 Å². The van der Waals surface area contributed by atoms with E-state index in [9.17, 15) is 14.7 Å². The van der Waals surface area contributed by atoms with Crippen molar-refractivity contribution in [2.24, 2.45) is 17.2 Å². The highest BCUT2D eigenvalue weighted by Gasteiger charge is 2.26. The molecule has 0 spiro atoms. The lowest BCUT2D eigenvalue weighted by Gasteiger charge is -2.33. The summed E-state index contributed by atoms with van der Waals surface area (Å²) < 4.78 is 7.38. The fourth-order valence-electron chi connectivity index (χ4n) is 3.65. The van der Waals surface area contributed by atoms with Crippen LogP contribution in [0.15, 0.2) is 18.2 Å². The molecule has 0 saturated heterocycles. The van der Waals surface area contributed by atoms with Crippen LogP contribution in [0.5, 0.6) is 5.75 Å². The van der Waals surface area contributed by atoms with E-state index in [-0.39, 0.29) is 6.04 Å². The highest BCUT2D eigenvalue weighted by atomic mass is 16.5. The van der Waals surface area contributed by atoms with E-state index in [0.29, 0.717) is 38.8 Å². The molecule has 2 aromatic rings. The third kappa shape index (κ3) is 9.00. The van der Waals surface area contributed by atoms with Crippen LogP contribution in [0.3, 0.4) is 0 Å². The normalized spacial score (nSPS) is 13.0. The van der Waals surface area contributed by atoms with Crippen LogP contribution >= 0.6 is 0 Å². The van der Waals surface area contributed by atoms with Gasteiger partial charge in [0.25, 0.3) is 0 Å². The van der Waals surface area contributed by atoms with Crippen LogP contribution in [0.2, 0.25) is 0 Å². The largest absolute Gasteiger partial charge is 0.497 e. The standard InChI is InChI=1S/C19H30N4O3.C5H12N2O2/c1-6-22-16-10-9-13(26-5)12-15(16)21-17(22)14(20)8-7-11-23(18(24)25)19(2,3)4;6-3-1-2-4(7)5(8)9/h9-10,12,14H,6-8,11,20H2,1-5H3,(H,24,25);4H,1-3,6-7H2,(H,8,9). The summed E-state index contributed by atoms with van der Waals surface area (Å²) >= 11 is 0. The predicted molar refractivity (Wildman–Crippen MR) is 137 cm³/mol. The van der Waals surface area contributed by atoms with Gasteiger partial charge >= 0.3 is 12.1 Å². The SMILES string of the molecule is CCn1c(C(N)CCCN(C(=O)O)C(C)(C)C)nc2cc(OC)ccc21.NCCCC(N)C(=O)O. The number of hydrogen-bond donors (Lipinski definition) is 5. The third-order valence-corrected chi connectivity index (χ3v) is 5.61. The summed E-state index contributed by atoms with van der Waals surface area (Å²) in [5.41, 5.74) is 18.1. The Morgan fingerprint density at radius 3 is 2.31 bits per heavy atom. The first-order chi connectivity index (χ1) is 16.4. The van der Waals surface area contributed by atoms with Crippen LogP contribution in [-0.2, 0) is 11.3 Å².